The topological polar surface area (TPSA) is 12.0 Å². The van der Waals surface area contributed by atoms with Crippen LogP contribution in [0.25, 0.3) is 0 Å². The predicted molar refractivity (Wildman–Crippen MR) is 81.2 cm³/mol. The molecule has 1 atom stereocenters. The molecule has 1 N–H and O–H groups in total. The summed E-state index contributed by atoms with van der Waals surface area (Å²) < 4.78 is 14.0. The van der Waals surface area contributed by atoms with E-state index in [0.29, 0.717) is 5.56 Å². The van der Waals surface area contributed by atoms with Crippen LogP contribution in [-0.4, -0.2) is 6.54 Å². The van der Waals surface area contributed by atoms with E-state index in [0.717, 1.165) is 19.4 Å². The van der Waals surface area contributed by atoms with Crippen molar-refractivity contribution in [1.29, 1.82) is 0 Å². The molecular weight excluding hydrogens is 261 g/mol. The van der Waals surface area contributed by atoms with Crippen LogP contribution in [0.5, 0.6) is 0 Å². The van der Waals surface area contributed by atoms with Gasteiger partial charge in [-0.1, -0.05) is 69.7 Å². The second-order valence-corrected chi connectivity index (χ2v) is 5.36. The lowest BCUT2D eigenvalue weighted by atomic mass is 9.99. The van der Waals surface area contributed by atoms with E-state index in [1.807, 2.05) is 19.1 Å². The SMILES string of the molecule is CCCCCCCC(NCC)c1cccc(Cl)c1F. The van der Waals surface area contributed by atoms with Crippen LogP contribution in [0.2, 0.25) is 5.02 Å². The van der Waals surface area contributed by atoms with Crippen molar-refractivity contribution in [2.45, 2.75) is 58.4 Å². The molecule has 0 aliphatic rings. The van der Waals surface area contributed by atoms with Gasteiger partial charge in [0.1, 0.15) is 5.82 Å². The molecule has 0 aromatic heterocycles. The van der Waals surface area contributed by atoms with Gasteiger partial charge in [0.05, 0.1) is 5.02 Å². The smallest absolute Gasteiger partial charge is 0.146 e. The fraction of sp³-hybridized carbons (Fsp3) is 0.625. The van der Waals surface area contributed by atoms with Gasteiger partial charge in [-0.05, 0) is 19.0 Å². The minimum atomic E-state index is -0.274. The number of rotatable bonds is 9. The molecule has 0 aliphatic carbocycles. The van der Waals surface area contributed by atoms with Crippen LogP contribution in [0.3, 0.4) is 0 Å². The van der Waals surface area contributed by atoms with E-state index in [1.165, 1.54) is 25.7 Å². The molecule has 1 nitrogen and oxygen atoms in total. The summed E-state index contributed by atoms with van der Waals surface area (Å²) >= 11 is 5.86. The van der Waals surface area contributed by atoms with Gasteiger partial charge in [-0.15, -0.1) is 0 Å². The Balaban J connectivity index is 2.58. The second kappa shape index (κ2) is 9.33. The zero-order chi connectivity index (χ0) is 14.1. The summed E-state index contributed by atoms with van der Waals surface area (Å²) in [6.45, 7) is 5.10. The first-order chi connectivity index (χ1) is 9.20. The maximum absolute atomic E-state index is 14.0. The Morgan fingerprint density at radius 3 is 2.58 bits per heavy atom. The molecule has 0 bridgehead atoms. The lowest BCUT2D eigenvalue weighted by Gasteiger charge is -2.19. The monoisotopic (exact) mass is 285 g/mol. The van der Waals surface area contributed by atoms with E-state index in [-0.39, 0.29) is 16.9 Å². The number of halogens is 2. The van der Waals surface area contributed by atoms with Crippen molar-refractivity contribution in [2.24, 2.45) is 0 Å². The number of unbranched alkanes of at least 4 members (excludes halogenated alkanes) is 4. The summed E-state index contributed by atoms with van der Waals surface area (Å²) in [5.74, 6) is -0.274. The molecule has 108 valence electrons. The Bertz CT molecular complexity index is 368. The largest absolute Gasteiger partial charge is 0.310 e. The van der Waals surface area contributed by atoms with Crippen LogP contribution in [0, 0.1) is 5.82 Å². The summed E-state index contributed by atoms with van der Waals surface area (Å²) in [6, 6.07) is 5.33. The van der Waals surface area contributed by atoms with Crippen LogP contribution in [0.1, 0.15) is 64.0 Å². The van der Waals surface area contributed by atoms with Gasteiger partial charge < -0.3 is 5.32 Å². The van der Waals surface area contributed by atoms with E-state index in [2.05, 4.69) is 12.2 Å². The zero-order valence-corrected chi connectivity index (χ0v) is 12.8. The van der Waals surface area contributed by atoms with Crippen molar-refractivity contribution < 1.29 is 4.39 Å². The molecular formula is C16H25ClFN. The molecule has 1 unspecified atom stereocenters. The normalized spacial score (nSPS) is 12.6. The fourth-order valence-electron chi connectivity index (χ4n) is 2.36. The Kier molecular flexibility index (Phi) is 8.08. The summed E-state index contributed by atoms with van der Waals surface area (Å²) in [6.07, 6.45) is 7.13. The van der Waals surface area contributed by atoms with E-state index in [9.17, 15) is 4.39 Å². The highest BCUT2D eigenvalue weighted by molar-refractivity contribution is 6.30. The van der Waals surface area contributed by atoms with E-state index in [4.69, 9.17) is 11.6 Å². The number of hydrogen-bond donors (Lipinski definition) is 1. The van der Waals surface area contributed by atoms with Crippen LogP contribution < -0.4 is 5.32 Å². The molecule has 0 heterocycles. The van der Waals surface area contributed by atoms with Crippen molar-refractivity contribution in [3.63, 3.8) is 0 Å². The van der Waals surface area contributed by atoms with Crippen molar-refractivity contribution in [3.8, 4) is 0 Å². The standard InChI is InChI=1S/C16H25ClFN/c1-3-5-6-7-8-12-15(19-4-2)13-10-9-11-14(17)16(13)18/h9-11,15,19H,3-8,12H2,1-2H3. The molecule has 0 saturated carbocycles. The average Bonchev–Trinajstić information content (AvgIpc) is 2.41. The van der Waals surface area contributed by atoms with Gasteiger partial charge in [-0.2, -0.15) is 0 Å². The summed E-state index contributed by atoms with van der Waals surface area (Å²) in [5.41, 5.74) is 0.699. The molecule has 0 aliphatic heterocycles. The maximum atomic E-state index is 14.0. The third-order valence-corrected chi connectivity index (χ3v) is 3.70. The highest BCUT2D eigenvalue weighted by Gasteiger charge is 2.16. The van der Waals surface area contributed by atoms with E-state index < -0.39 is 0 Å². The van der Waals surface area contributed by atoms with Gasteiger partial charge in [0, 0.05) is 11.6 Å². The van der Waals surface area contributed by atoms with Gasteiger partial charge in [0.25, 0.3) is 0 Å². The predicted octanol–water partition coefficient (Wildman–Crippen LogP) is 5.49. The minimum Gasteiger partial charge on any atom is -0.310 e. The van der Waals surface area contributed by atoms with Crippen molar-refractivity contribution in [1.82, 2.24) is 5.32 Å². The molecule has 3 heteroatoms. The molecule has 0 fully saturated rings. The Labute approximate surface area is 121 Å². The van der Waals surface area contributed by atoms with Crippen LogP contribution in [0.4, 0.5) is 4.39 Å². The van der Waals surface area contributed by atoms with Gasteiger partial charge >= 0.3 is 0 Å². The summed E-state index contributed by atoms with van der Waals surface area (Å²) in [7, 11) is 0. The molecule has 0 radical (unpaired) electrons. The second-order valence-electron chi connectivity index (χ2n) is 4.96. The Hall–Kier alpha value is -0.600. The highest BCUT2D eigenvalue weighted by atomic mass is 35.5. The van der Waals surface area contributed by atoms with Gasteiger partial charge in [0.2, 0.25) is 0 Å². The van der Waals surface area contributed by atoms with Crippen LogP contribution >= 0.6 is 11.6 Å². The lowest BCUT2D eigenvalue weighted by molar-refractivity contribution is 0.459. The van der Waals surface area contributed by atoms with Crippen molar-refractivity contribution >= 4 is 11.6 Å². The van der Waals surface area contributed by atoms with Crippen molar-refractivity contribution in [2.75, 3.05) is 6.54 Å². The first-order valence-electron chi connectivity index (χ1n) is 7.38. The molecule has 0 amide bonds. The molecule has 0 saturated heterocycles. The first kappa shape index (κ1) is 16.5. The van der Waals surface area contributed by atoms with E-state index >= 15 is 0 Å². The molecule has 1 aromatic carbocycles. The number of benzene rings is 1. The fourth-order valence-corrected chi connectivity index (χ4v) is 2.54. The third kappa shape index (κ3) is 5.50. The molecule has 1 aromatic rings. The quantitative estimate of drug-likeness (QED) is 0.592. The zero-order valence-electron chi connectivity index (χ0n) is 12.0. The maximum Gasteiger partial charge on any atom is 0.146 e. The molecule has 0 spiro atoms. The first-order valence-corrected chi connectivity index (χ1v) is 7.75. The van der Waals surface area contributed by atoms with Gasteiger partial charge in [-0.3, -0.25) is 0 Å². The minimum absolute atomic E-state index is 0.0744. The Morgan fingerprint density at radius 1 is 1.16 bits per heavy atom. The number of nitrogens with one attached hydrogen (secondary N) is 1. The molecule has 19 heavy (non-hydrogen) atoms. The average molecular weight is 286 g/mol. The van der Waals surface area contributed by atoms with Crippen molar-refractivity contribution in [3.05, 3.63) is 34.6 Å². The number of hydrogen-bond acceptors (Lipinski definition) is 1. The molecule has 1 rings (SSSR count). The van der Waals surface area contributed by atoms with Crippen LogP contribution in [-0.2, 0) is 0 Å². The van der Waals surface area contributed by atoms with Gasteiger partial charge in [-0.25, -0.2) is 4.39 Å². The lowest BCUT2D eigenvalue weighted by Crippen LogP contribution is -2.22. The highest BCUT2D eigenvalue weighted by Crippen LogP contribution is 2.27. The van der Waals surface area contributed by atoms with Gasteiger partial charge in [0.15, 0.2) is 0 Å². The third-order valence-electron chi connectivity index (χ3n) is 3.40. The van der Waals surface area contributed by atoms with E-state index in [1.54, 1.807) is 6.07 Å². The Morgan fingerprint density at radius 2 is 1.89 bits per heavy atom. The van der Waals surface area contributed by atoms with Crippen LogP contribution in [0.15, 0.2) is 18.2 Å². The summed E-state index contributed by atoms with van der Waals surface area (Å²) in [4.78, 5) is 0. The summed E-state index contributed by atoms with van der Waals surface area (Å²) in [5, 5.41) is 3.57.